The van der Waals surface area contributed by atoms with Crippen LogP contribution in [-0.4, -0.2) is 69.9 Å². The summed E-state index contributed by atoms with van der Waals surface area (Å²) in [6.45, 7) is 5.01. The SMILES string of the molecule is O=C(C1CCCNC1)N1CCN(c2ccc3nncn3n2)CC1. The van der Waals surface area contributed by atoms with Crippen LogP contribution in [0, 0.1) is 5.92 Å². The number of piperidine rings is 1. The molecule has 1 unspecified atom stereocenters. The highest BCUT2D eigenvalue weighted by atomic mass is 16.2. The molecule has 4 rings (SSSR count). The number of amides is 1. The second-order valence-electron chi connectivity index (χ2n) is 6.18. The van der Waals surface area contributed by atoms with Crippen molar-refractivity contribution in [2.75, 3.05) is 44.2 Å². The minimum atomic E-state index is 0.154. The van der Waals surface area contributed by atoms with Crippen molar-refractivity contribution in [2.24, 2.45) is 5.92 Å². The Balaban J connectivity index is 1.39. The number of aromatic nitrogens is 4. The van der Waals surface area contributed by atoms with Crippen LogP contribution in [0.15, 0.2) is 18.5 Å². The number of rotatable bonds is 2. The molecule has 1 N–H and O–H groups in total. The maximum Gasteiger partial charge on any atom is 0.227 e. The molecule has 0 aromatic carbocycles. The first kappa shape index (κ1) is 14.4. The molecule has 4 heterocycles. The number of nitrogens with zero attached hydrogens (tertiary/aromatic N) is 6. The third kappa shape index (κ3) is 2.86. The van der Waals surface area contributed by atoms with Gasteiger partial charge in [0, 0.05) is 32.7 Å². The fraction of sp³-hybridized carbons (Fsp3) is 0.600. The highest BCUT2D eigenvalue weighted by Crippen LogP contribution is 2.18. The van der Waals surface area contributed by atoms with E-state index in [2.05, 4.69) is 25.5 Å². The maximum atomic E-state index is 12.6. The smallest absolute Gasteiger partial charge is 0.227 e. The summed E-state index contributed by atoms with van der Waals surface area (Å²) in [6.07, 6.45) is 3.71. The fourth-order valence-electron chi connectivity index (χ4n) is 3.36. The molecule has 1 atom stereocenters. The van der Waals surface area contributed by atoms with Gasteiger partial charge in [-0.15, -0.1) is 15.3 Å². The molecule has 0 radical (unpaired) electrons. The van der Waals surface area contributed by atoms with Crippen LogP contribution in [0.4, 0.5) is 5.82 Å². The molecule has 0 spiro atoms. The second-order valence-corrected chi connectivity index (χ2v) is 6.18. The number of hydrogen-bond acceptors (Lipinski definition) is 6. The van der Waals surface area contributed by atoms with Gasteiger partial charge in [0.25, 0.3) is 0 Å². The molecular formula is C15H21N7O. The molecule has 2 aromatic heterocycles. The number of fused-ring (bicyclic) bond motifs is 1. The maximum absolute atomic E-state index is 12.6. The fourth-order valence-corrected chi connectivity index (χ4v) is 3.36. The van der Waals surface area contributed by atoms with Gasteiger partial charge in [0.2, 0.25) is 5.91 Å². The molecule has 2 saturated heterocycles. The molecule has 8 heteroatoms. The number of piperazine rings is 1. The largest absolute Gasteiger partial charge is 0.352 e. The molecule has 2 fully saturated rings. The second kappa shape index (κ2) is 6.11. The first-order chi connectivity index (χ1) is 11.3. The molecule has 23 heavy (non-hydrogen) atoms. The van der Waals surface area contributed by atoms with Crippen molar-refractivity contribution in [3.63, 3.8) is 0 Å². The van der Waals surface area contributed by atoms with E-state index in [1.807, 2.05) is 17.0 Å². The average molecular weight is 315 g/mol. The molecule has 2 aromatic rings. The van der Waals surface area contributed by atoms with E-state index in [-0.39, 0.29) is 5.92 Å². The predicted molar refractivity (Wildman–Crippen MR) is 85.2 cm³/mol. The Kier molecular flexibility index (Phi) is 3.82. The molecule has 0 aliphatic carbocycles. The molecule has 2 aliphatic rings. The van der Waals surface area contributed by atoms with Gasteiger partial charge in [-0.3, -0.25) is 4.79 Å². The highest BCUT2D eigenvalue weighted by molar-refractivity contribution is 5.79. The van der Waals surface area contributed by atoms with Crippen molar-refractivity contribution in [2.45, 2.75) is 12.8 Å². The lowest BCUT2D eigenvalue weighted by molar-refractivity contribution is -0.136. The van der Waals surface area contributed by atoms with Crippen LogP contribution < -0.4 is 10.2 Å². The Labute approximate surface area is 134 Å². The van der Waals surface area contributed by atoms with Crippen molar-refractivity contribution in [3.8, 4) is 0 Å². The van der Waals surface area contributed by atoms with Gasteiger partial charge >= 0.3 is 0 Å². The number of nitrogens with one attached hydrogen (secondary N) is 1. The summed E-state index contributed by atoms with van der Waals surface area (Å²) in [5.74, 6) is 1.37. The Bertz CT molecular complexity index is 686. The number of carbonyl (C=O) groups excluding carboxylic acids is 1. The Morgan fingerprint density at radius 2 is 2.09 bits per heavy atom. The quantitative estimate of drug-likeness (QED) is 0.825. The van der Waals surface area contributed by atoms with E-state index < -0.39 is 0 Å². The molecular weight excluding hydrogens is 294 g/mol. The summed E-state index contributed by atoms with van der Waals surface area (Å²) in [5, 5.41) is 15.7. The zero-order valence-electron chi connectivity index (χ0n) is 13.1. The summed E-state index contributed by atoms with van der Waals surface area (Å²) < 4.78 is 1.68. The van der Waals surface area contributed by atoms with Gasteiger partial charge < -0.3 is 15.1 Å². The minimum Gasteiger partial charge on any atom is -0.352 e. The van der Waals surface area contributed by atoms with Gasteiger partial charge in [0.15, 0.2) is 5.65 Å². The van der Waals surface area contributed by atoms with Gasteiger partial charge in [-0.1, -0.05) is 0 Å². The summed E-state index contributed by atoms with van der Waals surface area (Å²) >= 11 is 0. The van der Waals surface area contributed by atoms with Crippen molar-refractivity contribution >= 4 is 17.4 Å². The average Bonchev–Trinajstić information content (AvgIpc) is 3.10. The normalized spacial score (nSPS) is 22.5. The zero-order chi connectivity index (χ0) is 15.6. The van der Waals surface area contributed by atoms with E-state index in [4.69, 9.17) is 0 Å². The van der Waals surface area contributed by atoms with E-state index in [1.165, 1.54) is 0 Å². The first-order valence-corrected chi connectivity index (χ1v) is 8.23. The van der Waals surface area contributed by atoms with Crippen LogP contribution in [-0.2, 0) is 4.79 Å². The topological polar surface area (TPSA) is 78.7 Å². The van der Waals surface area contributed by atoms with E-state index in [0.29, 0.717) is 5.91 Å². The minimum absolute atomic E-state index is 0.154. The highest BCUT2D eigenvalue weighted by Gasteiger charge is 2.28. The standard InChI is InChI=1S/C15H21N7O/c23-15(12-2-1-5-16-10-12)21-8-6-20(7-9-21)14-4-3-13-18-17-11-22(13)19-14/h3-4,11-12,16H,1-2,5-10H2. The van der Waals surface area contributed by atoms with E-state index in [1.54, 1.807) is 10.8 Å². The first-order valence-electron chi connectivity index (χ1n) is 8.23. The van der Waals surface area contributed by atoms with Crippen LogP contribution in [0.1, 0.15) is 12.8 Å². The third-order valence-corrected chi connectivity index (χ3v) is 4.71. The van der Waals surface area contributed by atoms with Gasteiger partial charge in [0.1, 0.15) is 12.1 Å². The lowest BCUT2D eigenvalue weighted by Gasteiger charge is -2.37. The van der Waals surface area contributed by atoms with Crippen LogP contribution >= 0.6 is 0 Å². The molecule has 8 nitrogen and oxygen atoms in total. The van der Waals surface area contributed by atoms with Crippen molar-refractivity contribution in [1.82, 2.24) is 30.0 Å². The van der Waals surface area contributed by atoms with Crippen LogP contribution in [0.25, 0.3) is 5.65 Å². The van der Waals surface area contributed by atoms with Gasteiger partial charge in [0.05, 0.1) is 5.92 Å². The van der Waals surface area contributed by atoms with Gasteiger partial charge in [-0.2, -0.15) is 4.52 Å². The molecule has 0 saturated carbocycles. The van der Waals surface area contributed by atoms with Crippen molar-refractivity contribution in [1.29, 1.82) is 0 Å². The predicted octanol–water partition coefficient (Wildman–Crippen LogP) is -0.227. The molecule has 0 bridgehead atoms. The summed E-state index contributed by atoms with van der Waals surface area (Å²) in [4.78, 5) is 16.8. The van der Waals surface area contributed by atoms with Gasteiger partial charge in [-0.05, 0) is 31.5 Å². The number of carbonyl (C=O) groups is 1. The van der Waals surface area contributed by atoms with E-state index in [0.717, 1.165) is 63.6 Å². The Hall–Kier alpha value is -2.22. The number of anilines is 1. The Morgan fingerprint density at radius 1 is 1.22 bits per heavy atom. The third-order valence-electron chi connectivity index (χ3n) is 4.71. The molecule has 1 amide bonds. The summed E-state index contributed by atoms with van der Waals surface area (Å²) in [5.41, 5.74) is 0.743. The van der Waals surface area contributed by atoms with Crippen molar-refractivity contribution in [3.05, 3.63) is 18.5 Å². The van der Waals surface area contributed by atoms with Crippen molar-refractivity contribution < 1.29 is 4.79 Å². The number of hydrogen-bond donors (Lipinski definition) is 1. The molecule has 2 aliphatic heterocycles. The Morgan fingerprint density at radius 3 is 2.87 bits per heavy atom. The van der Waals surface area contributed by atoms with Gasteiger partial charge in [-0.25, -0.2) is 0 Å². The van der Waals surface area contributed by atoms with E-state index in [9.17, 15) is 4.79 Å². The summed E-state index contributed by atoms with van der Waals surface area (Å²) in [6, 6.07) is 3.88. The zero-order valence-corrected chi connectivity index (χ0v) is 13.1. The van der Waals surface area contributed by atoms with Crippen LogP contribution in [0.5, 0.6) is 0 Å². The lowest BCUT2D eigenvalue weighted by atomic mass is 9.98. The van der Waals surface area contributed by atoms with Crippen LogP contribution in [0.2, 0.25) is 0 Å². The monoisotopic (exact) mass is 315 g/mol. The molecule has 122 valence electrons. The summed E-state index contributed by atoms with van der Waals surface area (Å²) in [7, 11) is 0. The van der Waals surface area contributed by atoms with Crippen LogP contribution in [0.3, 0.4) is 0 Å². The van der Waals surface area contributed by atoms with E-state index >= 15 is 0 Å². The lowest BCUT2D eigenvalue weighted by Crippen LogP contribution is -2.52.